The molecule has 0 saturated heterocycles. The molecule has 1 aromatic rings. The molecule has 1 aliphatic rings. The van der Waals surface area contributed by atoms with Gasteiger partial charge in [-0.15, -0.1) is 0 Å². The number of nitriles is 1. The van der Waals surface area contributed by atoms with E-state index in [1.165, 1.54) is 6.07 Å². The van der Waals surface area contributed by atoms with Crippen molar-refractivity contribution >= 4 is 0 Å². The molecule has 0 radical (unpaired) electrons. The van der Waals surface area contributed by atoms with Crippen LogP contribution in [0.5, 0.6) is 0 Å². The second-order valence-electron chi connectivity index (χ2n) is 5.43. The summed E-state index contributed by atoms with van der Waals surface area (Å²) in [7, 11) is 0. The molecule has 0 aromatic heterocycles. The van der Waals surface area contributed by atoms with Crippen LogP contribution in [-0.2, 0) is 0 Å². The first-order valence-electron chi connectivity index (χ1n) is 7.15. The molecule has 2 rings (SSSR count). The predicted octanol–water partition coefficient (Wildman–Crippen LogP) is 4.89. The Bertz CT molecular complexity index is 508. The molecule has 0 atom stereocenters. The second kappa shape index (κ2) is 7.19. The SMILES string of the molecule is N#Cc1ccc(C2CCC(C/C=C/CF)CC2)cc1F. The lowest BCUT2D eigenvalue weighted by Gasteiger charge is -2.28. The number of hydrogen-bond donors (Lipinski definition) is 0. The fraction of sp³-hybridized carbons (Fsp3) is 0.471. The van der Waals surface area contributed by atoms with Crippen LogP contribution in [0.1, 0.15) is 49.1 Å². The van der Waals surface area contributed by atoms with E-state index < -0.39 is 5.82 Å². The third-order valence-electron chi connectivity index (χ3n) is 4.16. The quantitative estimate of drug-likeness (QED) is 0.718. The Morgan fingerprint density at radius 2 is 1.95 bits per heavy atom. The molecule has 20 heavy (non-hydrogen) atoms. The van der Waals surface area contributed by atoms with E-state index >= 15 is 0 Å². The fourth-order valence-electron chi connectivity index (χ4n) is 2.96. The van der Waals surface area contributed by atoms with Crippen LogP contribution < -0.4 is 0 Å². The number of nitrogens with zero attached hydrogens (tertiary/aromatic N) is 1. The first-order chi connectivity index (χ1) is 9.74. The summed E-state index contributed by atoms with van der Waals surface area (Å²) in [5.41, 5.74) is 1.11. The Labute approximate surface area is 118 Å². The van der Waals surface area contributed by atoms with Gasteiger partial charge < -0.3 is 0 Å². The molecule has 1 saturated carbocycles. The Hall–Kier alpha value is -1.69. The molecular weight excluding hydrogens is 256 g/mol. The van der Waals surface area contributed by atoms with Crippen molar-refractivity contribution in [3.05, 3.63) is 47.3 Å². The van der Waals surface area contributed by atoms with Gasteiger partial charge in [-0.25, -0.2) is 8.78 Å². The molecule has 1 fully saturated rings. The zero-order valence-corrected chi connectivity index (χ0v) is 11.5. The van der Waals surface area contributed by atoms with Crippen LogP contribution in [0.4, 0.5) is 8.78 Å². The summed E-state index contributed by atoms with van der Waals surface area (Å²) in [4.78, 5) is 0. The third kappa shape index (κ3) is 3.66. The Balaban J connectivity index is 1.92. The van der Waals surface area contributed by atoms with E-state index in [-0.39, 0.29) is 12.2 Å². The van der Waals surface area contributed by atoms with Crippen LogP contribution in [0.3, 0.4) is 0 Å². The minimum Gasteiger partial charge on any atom is -0.247 e. The normalized spacial score (nSPS) is 22.9. The molecule has 1 aromatic carbocycles. The largest absolute Gasteiger partial charge is 0.247 e. The number of rotatable bonds is 4. The molecule has 0 amide bonds. The van der Waals surface area contributed by atoms with Crippen molar-refractivity contribution in [1.82, 2.24) is 0 Å². The fourth-order valence-corrected chi connectivity index (χ4v) is 2.96. The van der Waals surface area contributed by atoms with E-state index in [1.54, 1.807) is 12.1 Å². The summed E-state index contributed by atoms with van der Waals surface area (Å²) in [5.74, 6) is 0.592. The lowest BCUT2D eigenvalue weighted by Crippen LogP contribution is -2.13. The summed E-state index contributed by atoms with van der Waals surface area (Å²) in [6.07, 6.45) is 8.72. The molecule has 106 valence electrons. The van der Waals surface area contributed by atoms with Crippen molar-refractivity contribution in [2.75, 3.05) is 6.67 Å². The molecular formula is C17H19F2N. The van der Waals surface area contributed by atoms with Gasteiger partial charge in [0.1, 0.15) is 18.6 Å². The van der Waals surface area contributed by atoms with Crippen molar-refractivity contribution in [3.8, 4) is 6.07 Å². The summed E-state index contributed by atoms with van der Waals surface area (Å²) in [5, 5.41) is 8.73. The van der Waals surface area contributed by atoms with Gasteiger partial charge >= 0.3 is 0 Å². The van der Waals surface area contributed by atoms with Crippen molar-refractivity contribution in [3.63, 3.8) is 0 Å². The van der Waals surface area contributed by atoms with E-state index in [0.717, 1.165) is 37.7 Å². The molecule has 0 bridgehead atoms. The maximum absolute atomic E-state index is 13.6. The van der Waals surface area contributed by atoms with Crippen LogP contribution >= 0.6 is 0 Å². The van der Waals surface area contributed by atoms with Crippen molar-refractivity contribution in [1.29, 1.82) is 5.26 Å². The molecule has 0 N–H and O–H groups in total. The van der Waals surface area contributed by atoms with Gasteiger partial charge in [0.2, 0.25) is 0 Å². The Morgan fingerprint density at radius 3 is 2.55 bits per heavy atom. The van der Waals surface area contributed by atoms with Gasteiger partial charge in [0, 0.05) is 0 Å². The zero-order chi connectivity index (χ0) is 14.4. The molecule has 0 unspecified atom stereocenters. The maximum atomic E-state index is 13.6. The second-order valence-corrected chi connectivity index (χ2v) is 5.43. The standard InChI is InChI=1S/C17H19F2N/c18-10-2-1-3-13-4-6-14(7-5-13)15-8-9-16(12-20)17(19)11-15/h1-2,8-9,11,13-14H,3-7,10H2/b2-1+. The molecule has 0 aliphatic heterocycles. The number of halogens is 2. The first-order valence-corrected chi connectivity index (χ1v) is 7.15. The average Bonchev–Trinajstić information content (AvgIpc) is 2.48. The van der Waals surface area contributed by atoms with Gasteiger partial charge in [-0.05, 0) is 61.6 Å². The van der Waals surface area contributed by atoms with E-state index in [0.29, 0.717) is 11.8 Å². The van der Waals surface area contributed by atoms with Crippen molar-refractivity contribution in [2.24, 2.45) is 5.92 Å². The minimum absolute atomic E-state index is 0.110. The number of hydrogen-bond acceptors (Lipinski definition) is 1. The third-order valence-corrected chi connectivity index (χ3v) is 4.16. The lowest BCUT2D eigenvalue weighted by molar-refractivity contribution is 0.327. The predicted molar refractivity (Wildman–Crippen MR) is 75.5 cm³/mol. The molecule has 0 spiro atoms. The summed E-state index contributed by atoms with van der Waals surface area (Å²) in [6, 6.07) is 6.80. The highest BCUT2D eigenvalue weighted by Gasteiger charge is 2.22. The smallest absolute Gasteiger partial charge is 0.141 e. The van der Waals surface area contributed by atoms with Gasteiger partial charge in [-0.3, -0.25) is 0 Å². The Morgan fingerprint density at radius 1 is 1.20 bits per heavy atom. The van der Waals surface area contributed by atoms with Crippen LogP contribution in [0.15, 0.2) is 30.4 Å². The van der Waals surface area contributed by atoms with Gasteiger partial charge in [0.05, 0.1) is 5.56 Å². The summed E-state index contributed by atoms with van der Waals surface area (Å²) < 4.78 is 25.6. The molecule has 0 heterocycles. The first kappa shape index (κ1) is 14.7. The molecule has 1 nitrogen and oxygen atoms in total. The van der Waals surface area contributed by atoms with E-state index in [9.17, 15) is 8.78 Å². The van der Waals surface area contributed by atoms with Crippen molar-refractivity contribution < 1.29 is 8.78 Å². The number of alkyl halides is 1. The highest BCUT2D eigenvalue weighted by atomic mass is 19.1. The van der Waals surface area contributed by atoms with Crippen LogP contribution in [-0.4, -0.2) is 6.67 Å². The van der Waals surface area contributed by atoms with Gasteiger partial charge in [-0.1, -0.05) is 18.2 Å². The van der Waals surface area contributed by atoms with Crippen LogP contribution in [0, 0.1) is 23.1 Å². The van der Waals surface area contributed by atoms with E-state index in [1.807, 2.05) is 18.2 Å². The highest BCUT2D eigenvalue weighted by molar-refractivity contribution is 5.34. The van der Waals surface area contributed by atoms with E-state index in [2.05, 4.69) is 0 Å². The lowest BCUT2D eigenvalue weighted by atomic mass is 9.77. The Kier molecular flexibility index (Phi) is 5.29. The molecule has 1 aliphatic carbocycles. The van der Waals surface area contributed by atoms with Gasteiger partial charge in [0.25, 0.3) is 0 Å². The van der Waals surface area contributed by atoms with Crippen LogP contribution in [0.2, 0.25) is 0 Å². The van der Waals surface area contributed by atoms with E-state index in [4.69, 9.17) is 5.26 Å². The summed E-state index contributed by atoms with van der Waals surface area (Å²) in [6.45, 7) is -0.389. The average molecular weight is 275 g/mol. The summed E-state index contributed by atoms with van der Waals surface area (Å²) >= 11 is 0. The van der Waals surface area contributed by atoms with Crippen LogP contribution in [0.25, 0.3) is 0 Å². The maximum Gasteiger partial charge on any atom is 0.141 e. The highest BCUT2D eigenvalue weighted by Crippen LogP contribution is 2.37. The van der Waals surface area contributed by atoms with Gasteiger partial charge in [0.15, 0.2) is 0 Å². The van der Waals surface area contributed by atoms with Gasteiger partial charge in [-0.2, -0.15) is 5.26 Å². The molecule has 3 heteroatoms. The monoisotopic (exact) mass is 275 g/mol. The zero-order valence-electron chi connectivity index (χ0n) is 11.5. The van der Waals surface area contributed by atoms with Crippen molar-refractivity contribution in [2.45, 2.75) is 38.0 Å². The number of benzene rings is 1. The minimum atomic E-state index is -0.419. The number of allylic oxidation sites excluding steroid dienone is 2. The topological polar surface area (TPSA) is 23.8 Å².